The second-order valence-electron chi connectivity index (χ2n) is 8.08. The average molecular weight is 448 g/mol. The van der Waals surface area contributed by atoms with Gasteiger partial charge in [-0.05, 0) is 36.5 Å². The van der Waals surface area contributed by atoms with E-state index in [2.05, 4.69) is 10.1 Å². The summed E-state index contributed by atoms with van der Waals surface area (Å²) in [5, 5.41) is 14.4. The zero-order valence-corrected chi connectivity index (χ0v) is 17.0. The predicted octanol–water partition coefficient (Wildman–Crippen LogP) is 2.16. The lowest BCUT2D eigenvalue weighted by molar-refractivity contribution is -0.142. The van der Waals surface area contributed by atoms with E-state index < -0.39 is 29.2 Å². The van der Waals surface area contributed by atoms with E-state index in [0.29, 0.717) is 15.9 Å². The minimum Gasteiger partial charge on any atom is -0.504 e. The van der Waals surface area contributed by atoms with E-state index in [0.717, 1.165) is 18.9 Å². The van der Waals surface area contributed by atoms with Crippen LogP contribution in [-0.4, -0.2) is 60.6 Å². The van der Waals surface area contributed by atoms with Crippen molar-refractivity contribution < 1.29 is 27.9 Å². The van der Waals surface area contributed by atoms with E-state index in [1.807, 2.05) is 0 Å². The number of rotatable bonds is 3. The Morgan fingerprint density at radius 3 is 2.56 bits per heavy atom. The van der Waals surface area contributed by atoms with E-state index in [9.17, 15) is 27.9 Å². The number of aromatic nitrogens is 4. The number of anilines is 1. The minimum absolute atomic E-state index is 0.00672. The first-order valence-corrected chi connectivity index (χ1v) is 10.0. The van der Waals surface area contributed by atoms with Crippen molar-refractivity contribution in [3.63, 3.8) is 0 Å². The number of halogens is 3. The highest BCUT2D eigenvalue weighted by Gasteiger charge is 2.39. The van der Waals surface area contributed by atoms with Crippen molar-refractivity contribution in [2.45, 2.75) is 24.9 Å². The van der Waals surface area contributed by atoms with Gasteiger partial charge in [-0.15, -0.1) is 0 Å². The molecule has 168 valence electrons. The van der Waals surface area contributed by atoms with Crippen molar-refractivity contribution in [3.8, 4) is 5.75 Å². The molecule has 1 saturated carbocycles. The summed E-state index contributed by atoms with van der Waals surface area (Å²) < 4.78 is 43.2. The fourth-order valence-electron chi connectivity index (χ4n) is 4.00. The van der Waals surface area contributed by atoms with Crippen LogP contribution in [0.15, 0.2) is 24.7 Å². The van der Waals surface area contributed by atoms with Crippen LogP contribution in [0, 0.1) is 0 Å². The maximum absolute atomic E-state index is 13.6. The van der Waals surface area contributed by atoms with E-state index in [4.69, 9.17) is 0 Å². The molecule has 9 nitrogen and oxygen atoms in total. The van der Waals surface area contributed by atoms with Crippen molar-refractivity contribution in [1.29, 1.82) is 0 Å². The Morgan fingerprint density at radius 2 is 1.97 bits per heavy atom. The van der Waals surface area contributed by atoms with Crippen molar-refractivity contribution in [2.75, 3.05) is 24.5 Å². The fraction of sp³-hybridized carbons (Fsp3) is 0.400. The lowest BCUT2D eigenvalue weighted by Crippen LogP contribution is -2.53. The molecule has 0 radical (unpaired) electrons. The molecule has 2 aliphatic rings. The van der Waals surface area contributed by atoms with Gasteiger partial charge in [-0.3, -0.25) is 14.5 Å². The standard InChI is InChI=1S/C20H19F3N6O3/c1-26-10-24-8-15(26)28-5-4-27(9-16(28)30)19(32)17-18(31)13-6-12(11-2-3-11)7-14(20(21,22)23)29(13)25-17/h6-8,10-11,31H,2-5,9H2,1H3. The highest BCUT2D eigenvalue weighted by atomic mass is 19.4. The number of amides is 2. The first kappa shape index (κ1) is 20.3. The maximum Gasteiger partial charge on any atom is 0.433 e. The summed E-state index contributed by atoms with van der Waals surface area (Å²) in [5.41, 5.74) is -1.28. The van der Waals surface area contributed by atoms with Gasteiger partial charge in [0.2, 0.25) is 5.91 Å². The molecule has 2 amide bonds. The second kappa shape index (κ2) is 6.97. The molecular formula is C20H19F3N6O3. The highest BCUT2D eigenvalue weighted by Crippen LogP contribution is 2.44. The Labute approximate surface area is 179 Å². The van der Waals surface area contributed by atoms with Crippen molar-refractivity contribution in [3.05, 3.63) is 41.6 Å². The Hall–Kier alpha value is -3.57. The topological polar surface area (TPSA) is 96.0 Å². The van der Waals surface area contributed by atoms with Crippen LogP contribution in [0.2, 0.25) is 0 Å². The molecule has 1 aliphatic carbocycles. The molecule has 3 aromatic rings. The number of alkyl halides is 3. The number of piperazine rings is 1. The van der Waals surface area contributed by atoms with Gasteiger partial charge in [-0.2, -0.15) is 18.3 Å². The zero-order valence-electron chi connectivity index (χ0n) is 17.0. The van der Waals surface area contributed by atoms with Crippen LogP contribution in [0.5, 0.6) is 5.75 Å². The molecule has 3 aromatic heterocycles. The number of aryl methyl sites for hydroxylation is 1. The van der Waals surface area contributed by atoms with Crippen LogP contribution in [0.4, 0.5) is 19.0 Å². The van der Waals surface area contributed by atoms with Gasteiger partial charge in [0.15, 0.2) is 11.4 Å². The zero-order chi connectivity index (χ0) is 22.8. The number of hydrogen-bond donors (Lipinski definition) is 1. The summed E-state index contributed by atoms with van der Waals surface area (Å²) in [6.07, 6.45) is -0.0938. The molecule has 12 heteroatoms. The first-order valence-electron chi connectivity index (χ1n) is 10.0. The van der Waals surface area contributed by atoms with E-state index in [-0.39, 0.29) is 37.0 Å². The second-order valence-corrected chi connectivity index (χ2v) is 8.08. The lowest BCUT2D eigenvalue weighted by Gasteiger charge is -2.33. The van der Waals surface area contributed by atoms with E-state index in [1.165, 1.54) is 22.1 Å². The normalized spacial score (nSPS) is 17.4. The van der Waals surface area contributed by atoms with Crippen LogP contribution < -0.4 is 4.90 Å². The van der Waals surface area contributed by atoms with Crippen LogP contribution in [-0.2, 0) is 18.0 Å². The minimum atomic E-state index is -4.72. The monoisotopic (exact) mass is 448 g/mol. The number of carbonyl (C=O) groups excluding carboxylic acids is 2. The fourth-order valence-corrected chi connectivity index (χ4v) is 4.00. The molecule has 4 heterocycles. The molecule has 5 rings (SSSR count). The maximum atomic E-state index is 13.6. The Bertz CT molecular complexity index is 1240. The Morgan fingerprint density at radius 1 is 1.22 bits per heavy atom. The molecular weight excluding hydrogens is 429 g/mol. The molecule has 32 heavy (non-hydrogen) atoms. The SMILES string of the molecule is Cn1cncc1N1CCN(C(=O)c2nn3c(C(F)(F)F)cc(C4CC4)cc3c2O)CC1=O. The molecule has 0 bridgehead atoms. The van der Waals surface area contributed by atoms with Crippen LogP contribution in [0.3, 0.4) is 0 Å². The molecule has 1 saturated heterocycles. The van der Waals surface area contributed by atoms with Crippen molar-refractivity contribution in [2.24, 2.45) is 7.05 Å². The van der Waals surface area contributed by atoms with Gasteiger partial charge in [0.05, 0.1) is 12.5 Å². The summed E-state index contributed by atoms with van der Waals surface area (Å²) in [6, 6.07) is 2.46. The van der Waals surface area contributed by atoms with E-state index in [1.54, 1.807) is 17.9 Å². The van der Waals surface area contributed by atoms with Gasteiger partial charge in [0.25, 0.3) is 5.91 Å². The number of fused-ring (bicyclic) bond motifs is 1. The van der Waals surface area contributed by atoms with Gasteiger partial charge >= 0.3 is 6.18 Å². The number of nitrogens with zero attached hydrogens (tertiary/aromatic N) is 6. The number of hydrogen-bond acceptors (Lipinski definition) is 5. The molecule has 0 aromatic carbocycles. The quantitative estimate of drug-likeness (QED) is 0.663. The van der Waals surface area contributed by atoms with Crippen molar-refractivity contribution >= 4 is 23.1 Å². The smallest absolute Gasteiger partial charge is 0.433 e. The summed E-state index contributed by atoms with van der Waals surface area (Å²) in [7, 11) is 1.73. The van der Waals surface area contributed by atoms with E-state index >= 15 is 0 Å². The summed E-state index contributed by atoms with van der Waals surface area (Å²) in [4.78, 5) is 32.2. The van der Waals surface area contributed by atoms with Crippen LogP contribution >= 0.6 is 0 Å². The molecule has 0 spiro atoms. The lowest BCUT2D eigenvalue weighted by atomic mass is 10.1. The van der Waals surface area contributed by atoms with Crippen LogP contribution in [0.25, 0.3) is 5.52 Å². The molecule has 1 N–H and O–H groups in total. The largest absolute Gasteiger partial charge is 0.504 e. The van der Waals surface area contributed by atoms with Gasteiger partial charge in [0, 0.05) is 20.1 Å². The number of aromatic hydroxyl groups is 1. The van der Waals surface area contributed by atoms with Gasteiger partial charge < -0.3 is 14.6 Å². The van der Waals surface area contributed by atoms with Gasteiger partial charge in [0.1, 0.15) is 23.6 Å². The predicted molar refractivity (Wildman–Crippen MR) is 105 cm³/mol. The highest BCUT2D eigenvalue weighted by molar-refractivity contribution is 6.02. The Kier molecular flexibility index (Phi) is 4.43. The average Bonchev–Trinajstić information content (AvgIpc) is 3.43. The third-order valence-electron chi connectivity index (χ3n) is 5.85. The van der Waals surface area contributed by atoms with Gasteiger partial charge in [-0.1, -0.05) is 0 Å². The van der Waals surface area contributed by atoms with Crippen LogP contribution in [0.1, 0.15) is 40.5 Å². The number of carbonyl (C=O) groups is 2. The molecule has 0 unspecified atom stereocenters. The first-order chi connectivity index (χ1) is 15.1. The number of pyridine rings is 1. The number of imidazole rings is 1. The van der Waals surface area contributed by atoms with Gasteiger partial charge in [-0.25, -0.2) is 9.50 Å². The summed E-state index contributed by atoms with van der Waals surface area (Å²) in [5.74, 6) is -1.22. The van der Waals surface area contributed by atoms with Crippen molar-refractivity contribution in [1.82, 2.24) is 24.1 Å². The summed E-state index contributed by atoms with van der Waals surface area (Å²) in [6.45, 7) is 0.0111. The summed E-state index contributed by atoms with van der Waals surface area (Å²) >= 11 is 0. The Balaban J connectivity index is 1.47. The molecule has 2 fully saturated rings. The molecule has 0 atom stereocenters. The molecule has 1 aliphatic heterocycles. The third-order valence-corrected chi connectivity index (χ3v) is 5.85. The third kappa shape index (κ3) is 3.26.